The number of hydrogen-bond donors (Lipinski definition) is 1. The lowest BCUT2D eigenvalue weighted by atomic mass is 10.1. The molecule has 0 aliphatic rings. The van der Waals surface area contributed by atoms with Gasteiger partial charge in [0.1, 0.15) is 22.1 Å². The molecule has 1 aromatic rings. The quantitative estimate of drug-likeness (QED) is 0.848. The lowest BCUT2D eigenvalue weighted by Crippen LogP contribution is -2.01. The van der Waals surface area contributed by atoms with E-state index in [4.69, 9.17) is 4.74 Å². The third-order valence-electron chi connectivity index (χ3n) is 1.86. The van der Waals surface area contributed by atoms with Gasteiger partial charge in [-0.1, -0.05) is 15.9 Å². The zero-order valence-corrected chi connectivity index (χ0v) is 9.54. The van der Waals surface area contributed by atoms with Gasteiger partial charge >= 0.3 is 0 Å². The molecule has 0 heterocycles. The van der Waals surface area contributed by atoms with Crippen molar-refractivity contribution in [3.05, 3.63) is 23.8 Å². The molecule has 1 N–H and O–H groups in total. The first-order valence-electron chi connectivity index (χ1n) is 4.07. The van der Waals surface area contributed by atoms with Crippen LogP contribution in [0.2, 0.25) is 0 Å². The first-order valence-corrected chi connectivity index (χ1v) is 4.99. The van der Waals surface area contributed by atoms with Gasteiger partial charge in [0.2, 0.25) is 0 Å². The Hall–Kier alpha value is -1.03. The third kappa shape index (κ3) is 2.26. The van der Waals surface area contributed by atoms with E-state index >= 15 is 0 Å². The van der Waals surface area contributed by atoms with Crippen molar-refractivity contribution in [2.45, 2.75) is 11.8 Å². The first-order chi connectivity index (χ1) is 6.56. The van der Waals surface area contributed by atoms with Crippen LogP contribution in [0.3, 0.4) is 0 Å². The molecule has 0 radical (unpaired) electrons. The topological polar surface area (TPSA) is 46.5 Å². The maximum atomic E-state index is 11.1. The Morgan fingerprint density at radius 3 is 2.71 bits per heavy atom. The number of ether oxygens (including phenoxy) is 1. The summed E-state index contributed by atoms with van der Waals surface area (Å²) in [6.45, 7) is 1.46. The first kappa shape index (κ1) is 11.0. The lowest BCUT2D eigenvalue weighted by Gasteiger charge is -2.10. The number of rotatable bonds is 3. The maximum absolute atomic E-state index is 11.1. The summed E-state index contributed by atoms with van der Waals surface area (Å²) in [5.74, 6) is 0.639. The lowest BCUT2D eigenvalue weighted by molar-refractivity contribution is -0.116. The number of halogens is 1. The molecular weight excluding hydrogens is 248 g/mol. The van der Waals surface area contributed by atoms with Crippen molar-refractivity contribution in [3.8, 4) is 11.5 Å². The number of methoxy groups -OCH3 is 1. The van der Waals surface area contributed by atoms with E-state index in [0.717, 1.165) is 0 Å². The number of ketones is 1. The summed E-state index contributed by atoms with van der Waals surface area (Å²) in [5.41, 5.74) is 0.525. The molecule has 0 aliphatic heterocycles. The smallest absolute Gasteiger partial charge is 0.147 e. The summed E-state index contributed by atoms with van der Waals surface area (Å²) in [6, 6.07) is 4.78. The number of benzene rings is 1. The summed E-state index contributed by atoms with van der Waals surface area (Å²) in [7, 11) is 1.53. The van der Waals surface area contributed by atoms with Gasteiger partial charge in [0.05, 0.1) is 7.11 Å². The van der Waals surface area contributed by atoms with Crippen molar-refractivity contribution in [1.82, 2.24) is 0 Å². The average molecular weight is 259 g/mol. The molecule has 0 spiro atoms. The van der Waals surface area contributed by atoms with Crippen LogP contribution in [0, 0.1) is 0 Å². The van der Waals surface area contributed by atoms with Crippen LogP contribution in [0.1, 0.15) is 17.3 Å². The predicted octanol–water partition coefficient (Wildman–Crippen LogP) is 2.43. The molecule has 0 fully saturated rings. The molecule has 0 amide bonds. The molecule has 14 heavy (non-hydrogen) atoms. The van der Waals surface area contributed by atoms with Crippen molar-refractivity contribution in [1.29, 1.82) is 0 Å². The van der Waals surface area contributed by atoms with E-state index in [-0.39, 0.29) is 11.5 Å². The summed E-state index contributed by atoms with van der Waals surface area (Å²) in [6.07, 6.45) is 0. The average Bonchev–Trinajstić information content (AvgIpc) is 2.17. The van der Waals surface area contributed by atoms with Crippen molar-refractivity contribution < 1.29 is 14.6 Å². The molecule has 4 heteroatoms. The van der Waals surface area contributed by atoms with Crippen molar-refractivity contribution >= 4 is 21.7 Å². The number of Topliss-reactive ketones (excluding diaryl/α,β-unsaturated/α-hetero) is 1. The van der Waals surface area contributed by atoms with Crippen LogP contribution in [0.4, 0.5) is 0 Å². The number of aromatic hydroxyl groups is 1. The van der Waals surface area contributed by atoms with Crippen molar-refractivity contribution in [3.63, 3.8) is 0 Å². The van der Waals surface area contributed by atoms with E-state index in [1.54, 1.807) is 12.1 Å². The molecule has 0 aliphatic carbocycles. The second-order valence-electron chi connectivity index (χ2n) is 2.90. The standard InChI is InChI=1S/C10H11BrO3/c1-6(12)10(11)8-5-7(14-2)3-4-9(8)13/h3-5,10,13H,1-2H3. The molecule has 0 aromatic heterocycles. The van der Waals surface area contributed by atoms with Gasteiger partial charge in [0, 0.05) is 5.56 Å². The Morgan fingerprint density at radius 2 is 2.21 bits per heavy atom. The Morgan fingerprint density at radius 1 is 1.57 bits per heavy atom. The van der Waals surface area contributed by atoms with Gasteiger partial charge in [-0.3, -0.25) is 4.79 Å². The highest BCUT2D eigenvalue weighted by Crippen LogP contribution is 2.33. The minimum atomic E-state index is -0.488. The summed E-state index contributed by atoms with van der Waals surface area (Å²) in [4.78, 5) is 10.6. The van der Waals surface area contributed by atoms with Crippen LogP contribution in [-0.4, -0.2) is 18.0 Å². The van der Waals surface area contributed by atoms with Gasteiger partial charge in [-0.05, 0) is 25.1 Å². The van der Waals surface area contributed by atoms with Crippen LogP contribution < -0.4 is 4.74 Å². The fourth-order valence-corrected chi connectivity index (χ4v) is 1.45. The fourth-order valence-electron chi connectivity index (χ4n) is 1.08. The number of hydrogen-bond acceptors (Lipinski definition) is 3. The molecule has 0 bridgehead atoms. The van der Waals surface area contributed by atoms with Gasteiger partial charge < -0.3 is 9.84 Å². The highest BCUT2D eigenvalue weighted by atomic mass is 79.9. The van der Waals surface area contributed by atoms with E-state index in [1.807, 2.05) is 0 Å². The molecule has 0 saturated heterocycles. The van der Waals surface area contributed by atoms with Gasteiger partial charge in [-0.2, -0.15) is 0 Å². The van der Waals surface area contributed by atoms with E-state index in [2.05, 4.69) is 15.9 Å². The molecule has 3 nitrogen and oxygen atoms in total. The van der Waals surface area contributed by atoms with Gasteiger partial charge in [-0.15, -0.1) is 0 Å². The number of carbonyl (C=O) groups excluding carboxylic acids is 1. The molecule has 0 saturated carbocycles. The van der Waals surface area contributed by atoms with E-state index in [9.17, 15) is 9.90 Å². The van der Waals surface area contributed by atoms with Crippen LogP contribution in [-0.2, 0) is 4.79 Å². The largest absolute Gasteiger partial charge is 0.508 e. The molecule has 1 aromatic carbocycles. The van der Waals surface area contributed by atoms with Gasteiger partial charge in [0.25, 0.3) is 0 Å². The van der Waals surface area contributed by atoms with Gasteiger partial charge in [0.15, 0.2) is 0 Å². The van der Waals surface area contributed by atoms with Crippen molar-refractivity contribution in [2.24, 2.45) is 0 Å². The number of phenols is 1. The maximum Gasteiger partial charge on any atom is 0.147 e. The molecular formula is C10H11BrO3. The minimum Gasteiger partial charge on any atom is -0.508 e. The Kier molecular flexibility index (Phi) is 3.52. The van der Waals surface area contributed by atoms with Crippen LogP contribution in [0.5, 0.6) is 11.5 Å². The fraction of sp³-hybridized carbons (Fsp3) is 0.300. The highest BCUT2D eigenvalue weighted by molar-refractivity contribution is 9.09. The Bertz CT molecular complexity index is 349. The molecule has 1 rings (SSSR count). The Labute approximate surface area is 90.8 Å². The predicted molar refractivity (Wildman–Crippen MR) is 57.0 cm³/mol. The SMILES string of the molecule is COc1ccc(O)c(C(Br)C(C)=O)c1. The van der Waals surface area contributed by atoms with Crippen molar-refractivity contribution in [2.75, 3.05) is 7.11 Å². The van der Waals surface area contributed by atoms with Gasteiger partial charge in [-0.25, -0.2) is 0 Å². The monoisotopic (exact) mass is 258 g/mol. The van der Waals surface area contributed by atoms with Crippen LogP contribution >= 0.6 is 15.9 Å². The summed E-state index contributed by atoms with van der Waals surface area (Å²) >= 11 is 3.20. The molecule has 76 valence electrons. The zero-order valence-electron chi connectivity index (χ0n) is 7.95. The number of carbonyl (C=O) groups is 1. The van der Waals surface area contributed by atoms with E-state index in [0.29, 0.717) is 11.3 Å². The normalized spacial score (nSPS) is 12.2. The minimum absolute atomic E-state index is 0.0615. The van der Waals surface area contributed by atoms with Crippen LogP contribution in [0.15, 0.2) is 18.2 Å². The zero-order chi connectivity index (χ0) is 10.7. The Balaban J connectivity index is 3.11. The van der Waals surface area contributed by atoms with E-state index in [1.165, 1.54) is 20.1 Å². The highest BCUT2D eigenvalue weighted by Gasteiger charge is 2.17. The number of alkyl halides is 1. The molecule has 1 atom stereocenters. The second kappa shape index (κ2) is 4.46. The number of phenolic OH excluding ortho intramolecular Hbond substituents is 1. The second-order valence-corrected chi connectivity index (χ2v) is 3.81. The van der Waals surface area contributed by atoms with Crippen LogP contribution in [0.25, 0.3) is 0 Å². The molecule has 1 unspecified atom stereocenters. The summed E-state index contributed by atoms with van der Waals surface area (Å²) < 4.78 is 5.00. The van der Waals surface area contributed by atoms with E-state index < -0.39 is 4.83 Å². The third-order valence-corrected chi connectivity index (χ3v) is 3.00. The summed E-state index contributed by atoms with van der Waals surface area (Å²) in [5, 5.41) is 9.51.